The maximum absolute atomic E-state index is 10.6. The van der Waals surface area contributed by atoms with Gasteiger partial charge in [0.2, 0.25) is 0 Å². The molecule has 5 heteroatoms. The van der Waals surface area contributed by atoms with Crippen LogP contribution in [-0.2, 0) is 0 Å². The third-order valence-corrected chi connectivity index (χ3v) is 3.18. The highest BCUT2D eigenvalue weighted by Crippen LogP contribution is 2.20. The second-order valence-electron chi connectivity index (χ2n) is 3.49. The molecule has 2 aromatic rings. The van der Waals surface area contributed by atoms with Gasteiger partial charge in [-0.15, -0.1) is 11.3 Å². The van der Waals surface area contributed by atoms with E-state index in [1.165, 1.54) is 12.1 Å². The minimum Gasteiger partial charge on any atom is -0.258 e. The Hall–Kier alpha value is -2.45. The fourth-order valence-corrected chi connectivity index (χ4v) is 2.08. The maximum Gasteiger partial charge on any atom is 0.270 e. The van der Waals surface area contributed by atoms with Crippen molar-refractivity contribution in [2.45, 2.75) is 0 Å². The molecular formula is C13H8N2O2S. The first kappa shape index (κ1) is 12.0. The molecule has 0 fully saturated rings. The highest BCUT2D eigenvalue weighted by molar-refractivity contribution is 7.10. The fourth-order valence-electron chi connectivity index (χ4n) is 1.46. The molecule has 18 heavy (non-hydrogen) atoms. The molecule has 88 valence electrons. The van der Waals surface area contributed by atoms with Crippen LogP contribution in [0.25, 0.3) is 12.2 Å². The maximum atomic E-state index is 10.6. The van der Waals surface area contributed by atoms with Crippen LogP contribution in [0, 0.1) is 21.4 Å². The lowest BCUT2D eigenvalue weighted by Crippen LogP contribution is -1.90. The number of hydrogen-bond acceptors (Lipinski definition) is 4. The quantitative estimate of drug-likeness (QED) is 0.621. The van der Waals surface area contributed by atoms with E-state index >= 15 is 0 Å². The monoisotopic (exact) mass is 256 g/mol. The predicted octanol–water partition coefficient (Wildman–Crippen LogP) is 3.70. The van der Waals surface area contributed by atoms with E-state index in [1.54, 1.807) is 23.5 Å². The summed E-state index contributed by atoms with van der Waals surface area (Å²) < 4.78 is 0. The standard InChI is InChI=1S/C13H8N2O2S/c14-9-11-8-12(15(16)17)5-3-10(11)4-6-13-2-1-7-18-13/h1-8H/b6-4+. The van der Waals surface area contributed by atoms with Gasteiger partial charge in [-0.2, -0.15) is 5.26 Å². The molecule has 0 aliphatic rings. The highest BCUT2D eigenvalue weighted by Gasteiger charge is 2.08. The Bertz CT molecular complexity index is 640. The molecule has 1 aromatic carbocycles. The van der Waals surface area contributed by atoms with E-state index in [1.807, 2.05) is 29.7 Å². The normalized spacial score (nSPS) is 10.4. The minimum absolute atomic E-state index is 0.0696. The van der Waals surface area contributed by atoms with Gasteiger partial charge in [-0.3, -0.25) is 10.1 Å². The summed E-state index contributed by atoms with van der Waals surface area (Å²) in [7, 11) is 0. The largest absolute Gasteiger partial charge is 0.270 e. The zero-order chi connectivity index (χ0) is 13.0. The molecule has 0 radical (unpaired) electrons. The number of benzene rings is 1. The Morgan fingerprint density at radius 3 is 2.78 bits per heavy atom. The second-order valence-corrected chi connectivity index (χ2v) is 4.47. The molecule has 0 aliphatic carbocycles. The summed E-state index contributed by atoms with van der Waals surface area (Å²) in [6.07, 6.45) is 3.67. The van der Waals surface area contributed by atoms with Crippen LogP contribution in [0.4, 0.5) is 5.69 Å². The predicted molar refractivity (Wildman–Crippen MR) is 71.1 cm³/mol. The minimum atomic E-state index is -0.506. The van der Waals surface area contributed by atoms with Crippen LogP contribution in [-0.4, -0.2) is 4.92 Å². The van der Waals surface area contributed by atoms with Crippen molar-refractivity contribution in [2.24, 2.45) is 0 Å². The molecule has 0 spiro atoms. The van der Waals surface area contributed by atoms with Gasteiger partial charge in [0, 0.05) is 17.0 Å². The van der Waals surface area contributed by atoms with Gasteiger partial charge in [0.25, 0.3) is 5.69 Å². The Balaban J connectivity index is 2.34. The van der Waals surface area contributed by atoms with Crippen molar-refractivity contribution >= 4 is 29.2 Å². The van der Waals surface area contributed by atoms with Crippen LogP contribution in [0.5, 0.6) is 0 Å². The molecule has 0 saturated heterocycles. The van der Waals surface area contributed by atoms with Crippen molar-refractivity contribution < 1.29 is 4.92 Å². The zero-order valence-electron chi connectivity index (χ0n) is 9.24. The zero-order valence-corrected chi connectivity index (χ0v) is 10.1. The van der Waals surface area contributed by atoms with Crippen LogP contribution < -0.4 is 0 Å². The van der Waals surface area contributed by atoms with Crippen molar-refractivity contribution in [1.29, 1.82) is 5.26 Å². The number of nitrogens with zero attached hydrogens (tertiary/aromatic N) is 2. The molecule has 0 amide bonds. The van der Waals surface area contributed by atoms with Crippen LogP contribution in [0.3, 0.4) is 0 Å². The Morgan fingerprint density at radius 2 is 2.17 bits per heavy atom. The van der Waals surface area contributed by atoms with Crippen molar-refractivity contribution in [3.8, 4) is 6.07 Å². The summed E-state index contributed by atoms with van der Waals surface area (Å²) in [5, 5.41) is 21.5. The third kappa shape index (κ3) is 2.62. The molecule has 2 rings (SSSR count). The first-order valence-electron chi connectivity index (χ1n) is 5.11. The first-order valence-corrected chi connectivity index (χ1v) is 5.99. The van der Waals surface area contributed by atoms with Crippen molar-refractivity contribution in [2.75, 3.05) is 0 Å². The lowest BCUT2D eigenvalue weighted by atomic mass is 10.1. The molecule has 1 aromatic heterocycles. The van der Waals surface area contributed by atoms with Gasteiger partial charge in [-0.25, -0.2) is 0 Å². The third-order valence-electron chi connectivity index (χ3n) is 2.34. The summed E-state index contributed by atoms with van der Waals surface area (Å²) in [5.41, 5.74) is 0.910. The number of thiophene rings is 1. The topological polar surface area (TPSA) is 66.9 Å². The molecule has 0 unspecified atom stereocenters. The lowest BCUT2D eigenvalue weighted by Gasteiger charge is -1.97. The smallest absolute Gasteiger partial charge is 0.258 e. The number of non-ortho nitro benzene ring substituents is 1. The molecule has 0 atom stereocenters. The van der Waals surface area contributed by atoms with Crippen molar-refractivity contribution in [3.63, 3.8) is 0 Å². The molecule has 0 bridgehead atoms. The average molecular weight is 256 g/mol. The van der Waals surface area contributed by atoms with Crippen LogP contribution in [0.15, 0.2) is 35.7 Å². The molecule has 4 nitrogen and oxygen atoms in total. The van der Waals surface area contributed by atoms with Gasteiger partial charge in [0.1, 0.15) is 6.07 Å². The molecule has 0 saturated carbocycles. The van der Waals surface area contributed by atoms with Crippen molar-refractivity contribution in [1.82, 2.24) is 0 Å². The van der Waals surface area contributed by atoms with E-state index in [4.69, 9.17) is 5.26 Å². The van der Waals surface area contributed by atoms with E-state index in [2.05, 4.69) is 0 Å². The van der Waals surface area contributed by atoms with Crippen LogP contribution in [0.1, 0.15) is 16.0 Å². The summed E-state index contributed by atoms with van der Waals surface area (Å²) >= 11 is 1.59. The summed E-state index contributed by atoms with van der Waals surface area (Å²) in [6.45, 7) is 0. The van der Waals surface area contributed by atoms with Crippen LogP contribution >= 0.6 is 11.3 Å². The number of rotatable bonds is 3. The fraction of sp³-hybridized carbons (Fsp3) is 0. The van der Waals surface area contributed by atoms with E-state index in [0.29, 0.717) is 11.1 Å². The highest BCUT2D eigenvalue weighted by atomic mass is 32.1. The summed E-state index contributed by atoms with van der Waals surface area (Å²) in [6, 6.07) is 10.1. The van der Waals surface area contributed by atoms with E-state index < -0.39 is 4.92 Å². The molecule has 0 N–H and O–H groups in total. The SMILES string of the molecule is N#Cc1cc([N+](=O)[O-])ccc1/C=C/c1cccs1. The van der Waals surface area contributed by atoms with E-state index in [-0.39, 0.29) is 5.69 Å². The summed E-state index contributed by atoms with van der Waals surface area (Å²) in [4.78, 5) is 11.2. The van der Waals surface area contributed by atoms with Crippen LogP contribution in [0.2, 0.25) is 0 Å². The van der Waals surface area contributed by atoms with Gasteiger partial charge >= 0.3 is 0 Å². The first-order chi connectivity index (χ1) is 8.70. The second kappa shape index (κ2) is 5.25. The Morgan fingerprint density at radius 1 is 1.33 bits per heavy atom. The van der Waals surface area contributed by atoms with Gasteiger partial charge in [-0.1, -0.05) is 12.1 Å². The Kier molecular flexibility index (Phi) is 3.51. The average Bonchev–Trinajstić information content (AvgIpc) is 2.89. The van der Waals surface area contributed by atoms with Crippen molar-refractivity contribution in [3.05, 3.63) is 61.8 Å². The number of nitriles is 1. The molecular weight excluding hydrogens is 248 g/mol. The number of nitro groups is 1. The lowest BCUT2D eigenvalue weighted by molar-refractivity contribution is -0.384. The van der Waals surface area contributed by atoms with E-state index in [9.17, 15) is 10.1 Å². The van der Waals surface area contributed by atoms with Gasteiger partial charge < -0.3 is 0 Å². The van der Waals surface area contributed by atoms with E-state index in [0.717, 1.165) is 4.88 Å². The number of hydrogen-bond donors (Lipinski definition) is 0. The summed E-state index contributed by atoms with van der Waals surface area (Å²) in [5.74, 6) is 0. The number of nitro benzene ring substituents is 1. The molecule has 1 heterocycles. The van der Waals surface area contributed by atoms with Gasteiger partial charge in [0.05, 0.1) is 10.5 Å². The molecule has 0 aliphatic heterocycles. The van der Waals surface area contributed by atoms with Gasteiger partial charge in [0.15, 0.2) is 0 Å². The van der Waals surface area contributed by atoms with Gasteiger partial charge in [-0.05, 0) is 29.2 Å². The Labute approximate surface area is 108 Å².